The Hall–Kier alpha value is -2.70. The molecule has 0 aliphatic heterocycles. The fourth-order valence-corrected chi connectivity index (χ4v) is 1.97. The summed E-state index contributed by atoms with van der Waals surface area (Å²) in [7, 11) is 0. The Balaban J connectivity index is 2.13. The highest BCUT2D eigenvalue weighted by molar-refractivity contribution is 6.16. The molecule has 120 valence electrons. The summed E-state index contributed by atoms with van der Waals surface area (Å²) in [6, 6.07) is 14.9. The first-order valence-electron chi connectivity index (χ1n) is 6.98. The smallest absolute Gasteiger partial charge is 0.337 e. The summed E-state index contributed by atoms with van der Waals surface area (Å²) in [5, 5.41) is 9.47. The summed E-state index contributed by atoms with van der Waals surface area (Å²) < 4.78 is 5.08. The fourth-order valence-electron chi connectivity index (χ4n) is 1.97. The third-order valence-corrected chi connectivity index (χ3v) is 3.40. The van der Waals surface area contributed by atoms with E-state index in [0.29, 0.717) is 5.69 Å². The number of nitrogen functional groups attached to an aromatic ring is 1. The molecule has 5 N–H and O–H groups in total. The molecule has 0 fully saturated rings. The molecule has 0 heterocycles. The molecule has 0 saturated heterocycles. The SMILES string of the molecule is Nc1ccc(C(=O)C(N)(CO)C(=O)OCc2ccccc2)cc1. The van der Waals surface area contributed by atoms with Gasteiger partial charge >= 0.3 is 5.97 Å². The van der Waals surface area contributed by atoms with Crippen molar-refractivity contribution in [3.8, 4) is 0 Å². The number of Topliss-reactive ketones (excluding diaryl/α,β-unsaturated/α-hetero) is 1. The monoisotopic (exact) mass is 314 g/mol. The van der Waals surface area contributed by atoms with E-state index in [0.717, 1.165) is 5.56 Å². The number of esters is 1. The first-order chi connectivity index (χ1) is 11.0. The minimum absolute atomic E-state index is 0.0341. The van der Waals surface area contributed by atoms with Gasteiger partial charge in [-0.05, 0) is 29.8 Å². The number of carbonyl (C=O) groups is 2. The van der Waals surface area contributed by atoms with Crippen LogP contribution < -0.4 is 11.5 Å². The van der Waals surface area contributed by atoms with Gasteiger partial charge in [0.05, 0.1) is 6.61 Å². The van der Waals surface area contributed by atoms with Gasteiger partial charge in [0.1, 0.15) is 6.61 Å². The van der Waals surface area contributed by atoms with Crippen LogP contribution in [-0.4, -0.2) is 29.0 Å². The molecule has 2 aromatic carbocycles. The average Bonchev–Trinajstić information content (AvgIpc) is 2.59. The highest BCUT2D eigenvalue weighted by Gasteiger charge is 2.43. The molecule has 0 radical (unpaired) electrons. The molecular weight excluding hydrogens is 296 g/mol. The highest BCUT2D eigenvalue weighted by atomic mass is 16.5. The van der Waals surface area contributed by atoms with E-state index in [1.165, 1.54) is 24.3 Å². The third kappa shape index (κ3) is 3.74. The number of anilines is 1. The zero-order valence-corrected chi connectivity index (χ0v) is 12.4. The van der Waals surface area contributed by atoms with Crippen LogP contribution in [0.2, 0.25) is 0 Å². The van der Waals surface area contributed by atoms with Crippen LogP contribution in [0.1, 0.15) is 15.9 Å². The van der Waals surface area contributed by atoms with Crippen LogP contribution in [0.15, 0.2) is 54.6 Å². The first kappa shape index (κ1) is 16.7. The molecule has 0 aliphatic rings. The summed E-state index contributed by atoms with van der Waals surface area (Å²) in [6.45, 7) is -0.891. The van der Waals surface area contributed by atoms with Crippen LogP contribution in [0, 0.1) is 0 Å². The zero-order valence-electron chi connectivity index (χ0n) is 12.4. The third-order valence-electron chi connectivity index (χ3n) is 3.40. The second-order valence-corrected chi connectivity index (χ2v) is 5.14. The van der Waals surface area contributed by atoms with E-state index < -0.39 is 23.9 Å². The Labute approximate surface area is 133 Å². The quantitative estimate of drug-likeness (QED) is 0.315. The van der Waals surface area contributed by atoms with Crippen LogP contribution >= 0.6 is 0 Å². The molecule has 0 aliphatic carbocycles. The normalized spacial score (nSPS) is 13.1. The predicted octanol–water partition coefficient (Wildman–Crippen LogP) is 0.885. The Morgan fingerprint density at radius 2 is 1.65 bits per heavy atom. The van der Waals surface area contributed by atoms with E-state index in [9.17, 15) is 14.7 Å². The molecule has 0 aromatic heterocycles. The summed E-state index contributed by atoms with van der Waals surface area (Å²) in [5.41, 5.74) is 10.6. The lowest BCUT2D eigenvalue weighted by molar-refractivity contribution is -0.150. The van der Waals surface area contributed by atoms with E-state index in [4.69, 9.17) is 16.2 Å². The van der Waals surface area contributed by atoms with Crippen molar-refractivity contribution in [3.05, 3.63) is 65.7 Å². The maximum atomic E-state index is 12.4. The number of ketones is 1. The number of aliphatic hydroxyl groups excluding tert-OH is 1. The number of ether oxygens (including phenoxy) is 1. The maximum Gasteiger partial charge on any atom is 0.337 e. The summed E-state index contributed by atoms with van der Waals surface area (Å²) >= 11 is 0. The van der Waals surface area contributed by atoms with Gasteiger partial charge in [-0.2, -0.15) is 0 Å². The van der Waals surface area contributed by atoms with Crippen molar-refractivity contribution >= 4 is 17.4 Å². The van der Waals surface area contributed by atoms with E-state index in [1.807, 2.05) is 6.07 Å². The number of carbonyl (C=O) groups excluding carboxylic acids is 2. The van der Waals surface area contributed by atoms with Crippen LogP contribution in [0.5, 0.6) is 0 Å². The molecule has 1 unspecified atom stereocenters. The minimum atomic E-state index is -2.15. The molecule has 2 rings (SSSR count). The minimum Gasteiger partial charge on any atom is -0.459 e. The Morgan fingerprint density at radius 1 is 1.04 bits per heavy atom. The standard InChI is InChI=1S/C17H18N2O4/c18-14-8-6-13(7-9-14)15(21)17(19,11-20)16(22)23-10-12-4-2-1-3-5-12/h1-9,20H,10-11,18-19H2. The van der Waals surface area contributed by atoms with E-state index in [2.05, 4.69) is 0 Å². The molecular formula is C17H18N2O4. The van der Waals surface area contributed by atoms with Gasteiger partial charge in [0.15, 0.2) is 5.78 Å². The number of hydrogen-bond donors (Lipinski definition) is 3. The van der Waals surface area contributed by atoms with Crippen LogP contribution in [0.25, 0.3) is 0 Å². The number of benzene rings is 2. The van der Waals surface area contributed by atoms with Crippen LogP contribution in [0.4, 0.5) is 5.69 Å². The molecule has 0 spiro atoms. The van der Waals surface area contributed by atoms with Gasteiger partial charge in [-0.3, -0.25) is 4.79 Å². The molecule has 0 amide bonds. The summed E-state index contributed by atoms with van der Waals surface area (Å²) in [4.78, 5) is 24.6. The van der Waals surface area contributed by atoms with Crippen molar-refractivity contribution in [1.29, 1.82) is 0 Å². The van der Waals surface area contributed by atoms with Gasteiger partial charge in [-0.1, -0.05) is 30.3 Å². The molecule has 1 atom stereocenters. The lowest BCUT2D eigenvalue weighted by atomic mass is 9.91. The average molecular weight is 314 g/mol. The van der Waals surface area contributed by atoms with Crippen molar-refractivity contribution in [3.63, 3.8) is 0 Å². The van der Waals surface area contributed by atoms with Gasteiger partial charge in [0, 0.05) is 11.3 Å². The Bertz CT molecular complexity index is 685. The Kier molecular flexibility index (Phi) is 5.10. The summed E-state index contributed by atoms with van der Waals surface area (Å²) in [5.74, 6) is -1.70. The second kappa shape index (κ2) is 7.04. The van der Waals surface area contributed by atoms with E-state index in [1.54, 1.807) is 24.3 Å². The van der Waals surface area contributed by atoms with Crippen molar-refractivity contribution in [2.45, 2.75) is 12.1 Å². The lowest BCUT2D eigenvalue weighted by Crippen LogP contribution is -2.58. The van der Waals surface area contributed by atoms with Gasteiger partial charge in [0.25, 0.3) is 0 Å². The predicted molar refractivity (Wildman–Crippen MR) is 85.4 cm³/mol. The van der Waals surface area contributed by atoms with Gasteiger partial charge < -0.3 is 21.3 Å². The number of rotatable bonds is 6. The van der Waals surface area contributed by atoms with Crippen molar-refractivity contribution in [2.75, 3.05) is 12.3 Å². The number of hydrogen-bond acceptors (Lipinski definition) is 6. The largest absolute Gasteiger partial charge is 0.459 e. The molecule has 6 heteroatoms. The summed E-state index contributed by atoms with van der Waals surface area (Å²) in [6.07, 6.45) is 0. The number of aliphatic hydroxyl groups is 1. The topological polar surface area (TPSA) is 116 Å². The van der Waals surface area contributed by atoms with E-state index >= 15 is 0 Å². The molecule has 2 aromatic rings. The molecule has 6 nitrogen and oxygen atoms in total. The molecule has 0 saturated carbocycles. The Morgan fingerprint density at radius 3 is 2.22 bits per heavy atom. The highest BCUT2D eigenvalue weighted by Crippen LogP contribution is 2.16. The van der Waals surface area contributed by atoms with E-state index in [-0.39, 0.29) is 12.2 Å². The number of nitrogens with two attached hydrogens (primary N) is 2. The van der Waals surface area contributed by atoms with Crippen molar-refractivity contribution < 1.29 is 19.4 Å². The maximum absolute atomic E-state index is 12.4. The van der Waals surface area contributed by atoms with Crippen LogP contribution in [-0.2, 0) is 16.1 Å². The first-order valence-corrected chi connectivity index (χ1v) is 6.98. The van der Waals surface area contributed by atoms with Crippen molar-refractivity contribution in [2.24, 2.45) is 5.73 Å². The zero-order chi connectivity index (χ0) is 16.9. The lowest BCUT2D eigenvalue weighted by Gasteiger charge is -2.23. The van der Waals surface area contributed by atoms with Crippen LogP contribution in [0.3, 0.4) is 0 Å². The van der Waals surface area contributed by atoms with Crippen molar-refractivity contribution in [1.82, 2.24) is 0 Å². The fraction of sp³-hybridized carbons (Fsp3) is 0.176. The van der Waals surface area contributed by atoms with Gasteiger partial charge in [-0.15, -0.1) is 0 Å². The molecule has 0 bridgehead atoms. The second-order valence-electron chi connectivity index (χ2n) is 5.14. The molecule has 23 heavy (non-hydrogen) atoms. The van der Waals surface area contributed by atoms with Gasteiger partial charge in [0.2, 0.25) is 5.54 Å². The van der Waals surface area contributed by atoms with Gasteiger partial charge in [-0.25, -0.2) is 4.79 Å².